The minimum atomic E-state index is -0.605. The third-order valence-electron chi connectivity index (χ3n) is 4.59. The molecule has 0 saturated carbocycles. The first-order valence-electron chi connectivity index (χ1n) is 9.02. The average molecular weight is 359 g/mol. The van der Waals surface area contributed by atoms with Crippen molar-refractivity contribution >= 4 is 5.78 Å². The van der Waals surface area contributed by atoms with Crippen LogP contribution in [0.15, 0.2) is 49.6 Å². The van der Waals surface area contributed by atoms with Gasteiger partial charge in [-0.05, 0) is 37.6 Å². The summed E-state index contributed by atoms with van der Waals surface area (Å²) in [5, 5.41) is 0. The fourth-order valence-corrected chi connectivity index (χ4v) is 3.10. The Morgan fingerprint density at radius 2 is 1.88 bits per heavy atom. The van der Waals surface area contributed by atoms with Crippen molar-refractivity contribution in [2.45, 2.75) is 18.9 Å². The molecule has 5 heteroatoms. The SMILES string of the molecule is C=CCOCCOc1ccc(C(=O)C(C)(CC=C)N2CCOCC2)cc1. The summed E-state index contributed by atoms with van der Waals surface area (Å²) < 4.78 is 16.3. The Morgan fingerprint density at radius 1 is 1.19 bits per heavy atom. The maximum Gasteiger partial charge on any atom is 0.183 e. The van der Waals surface area contributed by atoms with Crippen LogP contribution in [0.5, 0.6) is 5.75 Å². The van der Waals surface area contributed by atoms with Gasteiger partial charge >= 0.3 is 0 Å². The highest BCUT2D eigenvalue weighted by Gasteiger charge is 2.39. The van der Waals surface area contributed by atoms with Crippen molar-refractivity contribution in [3.05, 3.63) is 55.1 Å². The second kappa shape index (κ2) is 10.3. The number of carbonyl (C=O) groups excluding carboxylic acids is 1. The number of ether oxygens (including phenoxy) is 3. The number of nitrogens with zero attached hydrogens (tertiary/aromatic N) is 1. The van der Waals surface area contributed by atoms with Crippen LogP contribution >= 0.6 is 0 Å². The molecule has 5 nitrogen and oxygen atoms in total. The number of morpholine rings is 1. The van der Waals surface area contributed by atoms with Gasteiger partial charge in [0.2, 0.25) is 0 Å². The van der Waals surface area contributed by atoms with Gasteiger partial charge < -0.3 is 14.2 Å². The second-order valence-corrected chi connectivity index (χ2v) is 6.43. The van der Waals surface area contributed by atoms with Crippen molar-refractivity contribution in [1.29, 1.82) is 0 Å². The van der Waals surface area contributed by atoms with E-state index in [-0.39, 0.29) is 5.78 Å². The van der Waals surface area contributed by atoms with Gasteiger partial charge in [0.25, 0.3) is 0 Å². The number of hydrogen-bond acceptors (Lipinski definition) is 5. The third kappa shape index (κ3) is 5.27. The van der Waals surface area contributed by atoms with E-state index in [9.17, 15) is 4.79 Å². The number of rotatable bonds is 11. The van der Waals surface area contributed by atoms with Crippen LogP contribution in [0.3, 0.4) is 0 Å². The lowest BCUT2D eigenvalue weighted by Crippen LogP contribution is -2.56. The summed E-state index contributed by atoms with van der Waals surface area (Å²) >= 11 is 0. The van der Waals surface area contributed by atoms with Crippen LogP contribution in [0, 0.1) is 0 Å². The molecule has 1 aliphatic rings. The van der Waals surface area contributed by atoms with Gasteiger partial charge in [0, 0.05) is 18.7 Å². The first kappa shape index (κ1) is 20.4. The van der Waals surface area contributed by atoms with Crippen LogP contribution in [0.1, 0.15) is 23.7 Å². The fraction of sp³-hybridized carbons (Fsp3) is 0.476. The summed E-state index contributed by atoms with van der Waals surface area (Å²) in [6, 6.07) is 7.30. The molecular weight excluding hydrogens is 330 g/mol. The van der Waals surface area contributed by atoms with E-state index in [1.165, 1.54) is 0 Å². The van der Waals surface area contributed by atoms with E-state index >= 15 is 0 Å². The molecule has 1 saturated heterocycles. The molecule has 1 fully saturated rings. The Morgan fingerprint density at radius 3 is 2.50 bits per heavy atom. The minimum Gasteiger partial charge on any atom is -0.491 e. The van der Waals surface area contributed by atoms with Crippen LogP contribution in [0.2, 0.25) is 0 Å². The maximum absolute atomic E-state index is 13.2. The van der Waals surface area contributed by atoms with E-state index in [2.05, 4.69) is 18.1 Å². The van der Waals surface area contributed by atoms with Gasteiger partial charge in [-0.3, -0.25) is 9.69 Å². The molecule has 0 radical (unpaired) electrons. The Hall–Kier alpha value is -1.95. The highest BCUT2D eigenvalue weighted by molar-refractivity contribution is 6.03. The van der Waals surface area contributed by atoms with Crippen LogP contribution in [-0.2, 0) is 9.47 Å². The summed E-state index contributed by atoms with van der Waals surface area (Å²) in [5.74, 6) is 0.820. The van der Waals surface area contributed by atoms with Gasteiger partial charge in [-0.25, -0.2) is 0 Å². The van der Waals surface area contributed by atoms with Crippen molar-refractivity contribution in [3.63, 3.8) is 0 Å². The van der Waals surface area contributed by atoms with E-state index in [0.717, 1.165) is 18.8 Å². The lowest BCUT2D eigenvalue weighted by Gasteiger charge is -2.41. The van der Waals surface area contributed by atoms with Crippen LogP contribution in [-0.4, -0.2) is 62.3 Å². The van der Waals surface area contributed by atoms with Gasteiger partial charge in [-0.15, -0.1) is 13.2 Å². The van der Waals surface area contributed by atoms with Crippen molar-refractivity contribution in [2.24, 2.45) is 0 Å². The summed E-state index contributed by atoms with van der Waals surface area (Å²) in [4.78, 5) is 15.4. The van der Waals surface area contributed by atoms with Crippen LogP contribution in [0.25, 0.3) is 0 Å². The highest BCUT2D eigenvalue weighted by atomic mass is 16.5. The largest absolute Gasteiger partial charge is 0.491 e. The molecule has 2 rings (SSSR count). The Bertz CT molecular complexity index is 593. The van der Waals surface area contributed by atoms with Gasteiger partial charge in [0.1, 0.15) is 12.4 Å². The van der Waals surface area contributed by atoms with Crippen LogP contribution in [0.4, 0.5) is 0 Å². The normalized spacial score (nSPS) is 17.3. The first-order valence-corrected chi connectivity index (χ1v) is 9.02. The smallest absolute Gasteiger partial charge is 0.183 e. The molecule has 0 aromatic heterocycles. The molecule has 0 bridgehead atoms. The molecule has 1 aromatic rings. The zero-order valence-electron chi connectivity index (χ0n) is 15.6. The number of Topliss-reactive ketones (excluding diaryl/α,β-unsaturated/α-hetero) is 1. The lowest BCUT2D eigenvalue weighted by molar-refractivity contribution is -0.00871. The van der Waals surface area contributed by atoms with Crippen molar-refractivity contribution in [2.75, 3.05) is 46.1 Å². The average Bonchev–Trinajstić information content (AvgIpc) is 2.68. The monoisotopic (exact) mass is 359 g/mol. The molecule has 0 spiro atoms. The number of hydrogen-bond donors (Lipinski definition) is 0. The van der Waals surface area contributed by atoms with Gasteiger partial charge in [-0.1, -0.05) is 12.2 Å². The van der Waals surface area contributed by atoms with Crippen molar-refractivity contribution < 1.29 is 19.0 Å². The van der Waals surface area contributed by atoms with Crippen molar-refractivity contribution in [1.82, 2.24) is 4.90 Å². The summed E-state index contributed by atoms with van der Waals surface area (Å²) in [5.41, 5.74) is 0.0722. The summed E-state index contributed by atoms with van der Waals surface area (Å²) in [6.45, 7) is 13.7. The predicted molar refractivity (Wildman–Crippen MR) is 103 cm³/mol. The Labute approximate surface area is 156 Å². The van der Waals surface area contributed by atoms with E-state index in [0.29, 0.717) is 45.0 Å². The first-order chi connectivity index (χ1) is 12.6. The van der Waals surface area contributed by atoms with Crippen molar-refractivity contribution in [3.8, 4) is 5.75 Å². The maximum atomic E-state index is 13.2. The standard InChI is InChI=1S/C21H29NO4/c1-4-10-21(3,22-11-14-25-15-12-22)20(23)18-6-8-19(9-7-18)26-17-16-24-13-5-2/h4-9H,1-2,10-17H2,3H3. The Balaban J connectivity index is 2.01. The molecule has 142 valence electrons. The summed E-state index contributed by atoms with van der Waals surface area (Å²) in [6.07, 6.45) is 4.12. The number of carbonyl (C=O) groups is 1. The van der Waals surface area contributed by atoms with E-state index in [1.807, 2.05) is 37.3 Å². The molecule has 1 heterocycles. The topological polar surface area (TPSA) is 48.0 Å². The number of ketones is 1. The van der Waals surface area contributed by atoms with E-state index in [4.69, 9.17) is 14.2 Å². The lowest BCUT2D eigenvalue weighted by atomic mass is 9.85. The van der Waals surface area contributed by atoms with Gasteiger partial charge in [0.15, 0.2) is 5.78 Å². The molecule has 1 unspecified atom stereocenters. The van der Waals surface area contributed by atoms with E-state index < -0.39 is 5.54 Å². The van der Waals surface area contributed by atoms with Gasteiger partial charge in [-0.2, -0.15) is 0 Å². The minimum absolute atomic E-state index is 0.0974. The quantitative estimate of drug-likeness (QED) is 0.345. The van der Waals surface area contributed by atoms with Crippen LogP contribution < -0.4 is 4.74 Å². The molecule has 0 amide bonds. The molecule has 1 aliphatic heterocycles. The van der Waals surface area contributed by atoms with Gasteiger partial charge in [0.05, 0.1) is 32.0 Å². The highest BCUT2D eigenvalue weighted by Crippen LogP contribution is 2.27. The number of benzene rings is 1. The summed E-state index contributed by atoms with van der Waals surface area (Å²) in [7, 11) is 0. The zero-order valence-corrected chi connectivity index (χ0v) is 15.6. The fourth-order valence-electron chi connectivity index (χ4n) is 3.10. The zero-order chi connectivity index (χ0) is 18.8. The molecule has 26 heavy (non-hydrogen) atoms. The molecule has 1 aromatic carbocycles. The molecular formula is C21H29NO4. The third-order valence-corrected chi connectivity index (χ3v) is 4.59. The molecule has 0 N–H and O–H groups in total. The van der Waals surface area contributed by atoms with E-state index in [1.54, 1.807) is 6.08 Å². The molecule has 0 aliphatic carbocycles. The molecule has 1 atom stereocenters. The predicted octanol–water partition coefficient (Wildman–Crippen LogP) is 3.12. The second-order valence-electron chi connectivity index (χ2n) is 6.43. The Kier molecular flexibility index (Phi) is 8.04.